The van der Waals surface area contributed by atoms with Crippen LogP contribution in [0, 0.1) is 6.92 Å². The Balaban J connectivity index is 1.63. The average Bonchev–Trinajstić information content (AvgIpc) is 3.02. The van der Waals surface area contributed by atoms with Crippen molar-refractivity contribution in [3.8, 4) is 0 Å². The molecule has 0 aromatic heterocycles. The molecule has 2 heterocycles. The van der Waals surface area contributed by atoms with E-state index >= 15 is 0 Å². The van der Waals surface area contributed by atoms with Crippen LogP contribution in [0.2, 0.25) is 0 Å². The molecule has 2 fully saturated rings. The van der Waals surface area contributed by atoms with Crippen LogP contribution in [-0.4, -0.2) is 66.1 Å². The first-order valence-corrected chi connectivity index (χ1v) is 11.1. The normalized spacial score (nSPS) is 23.9. The fourth-order valence-electron chi connectivity index (χ4n) is 4.02. The number of carbonyl (C=O) groups excluding carboxylic acids is 2. The number of nitrogens with one attached hydrogen (secondary N) is 1. The molecule has 27 heavy (non-hydrogen) atoms. The summed E-state index contributed by atoms with van der Waals surface area (Å²) in [7, 11) is 0. The summed E-state index contributed by atoms with van der Waals surface area (Å²) in [4.78, 5) is 30.3. The van der Waals surface area contributed by atoms with Crippen LogP contribution in [-0.2, 0) is 9.59 Å². The van der Waals surface area contributed by atoms with Crippen molar-refractivity contribution in [3.63, 3.8) is 0 Å². The summed E-state index contributed by atoms with van der Waals surface area (Å²) >= 11 is 1.80. The number of quaternary nitrogens is 1. The number of aryl methyl sites for hydroxylation is 1. The lowest BCUT2D eigenvalue weighted by molar-refractivity contribution is -0.903. The van der Waals surface area contributed by atoms with Gasteiger partial charge in [0.05, 0.1) is 44.5 Å². The summed E-state index contributed by atoms with van der Waals surface area (Å²) in [6.45, 7) is 11.5. The molecule has 2 aliphatic heterocycles. The molecule has 5 nitrogen and oxygen atoms in total. The topological polar surface area (TPSA) is 45.1 Å². The summed E-state index contributed by atoms with van der Waals surface area (Å²) in [5.74, 6) is 0.542. The maximum atomic E-state index is 12.9. The lowest BCUT2D eigenvalue weighted by Gasteiger charge is -2.33. The summed E-state index contributed by atoms with van der Waals surface area (Å²) in [5.41, 5.74) is 2.52. The van der Waals surface area contributed by atoms with Gasteiger partial charge < -0.3 is 14.7 Å². The van der Waals surface area contributed by atoms with Gasteiger partial charge in [0.25, 0.3) is 0 Å². The first-order valence-electron chi connectivity index (χ1n) is 10.2. The van der Waals surface area contributed by atoms with Crippen molar-refractivity contribution < 1.29 is 14.5 Å². The van der Waals surface area contributed by atoms with Gasteiger partial charge >= 0.3 is 0 Å². The van der Waals surface area contributed by atoms with Crippen molar-refractivity contribution >= 4 is 23.6 Å². The second-order valence-corrected chi connectivity index (χ2v) is 8.80. The maximum absolute atomic E-state index is 12.9. The van der Waals surface area contributed by atoms with Crippen LogP contribution in [0.15, 0.2) is 24.3 Å². The van der Waals surface area contributed by atoms with E-state index in [9.17, 15) is 9.59 Å². The Morgan fingerprint density at radius 3 is 2.56 bits per heavy atom. The summed E-state index contributed by atoms with van der Waals surface area (Å²) < 4.78 is 0. The second kappa shape index (κ2) is 9.11. The predicted octanol–water partition coefficient (Wildman–Crippen LogP) is 1.48. The third-order valence-corrected chi connectivity index (χ3v) is 7.42. The highest BCUT2D eigenvalue weighted by atomic mass is 32.2. The van der Waals surface area contributed by atoms with Gasteiger partial charge in [-0.3, -0.25) is 9.59 Å². The van der Waals surface area contributed by atoms with Gasteiger partial charge in [0, 0.05) is 6.42 Å². The second-order valence-electron chi connectivity index (χ2n) is 7.51. The zero-order valence-electron chi connectivity index (χ0n) is 16.7. The van der Waals surface area contributed by atoms with E-state index in [2.05, 4.69) is 43.0 Å². The zero-order chi connectivity index (χ0) is 19.4. The number of hydrogen-bond donors (Lipinski definition) is 1. The van der Waals surface area contributed by atoms with Crippen molar-refractivity contribution in [3.05, 3.63) is 35.4 Å². The smallest absolute Gasteiger partial charge is 0.237 e. The van der Waals surface area contributed by atoms with Crippen molar-refractivity contribution in [2.24, 2.45) is 0 Å². The first kappa shape index (κ1) is 20.2. The largest absolute Gasteiger partial charge is 0.331 e. The molecule has 0 spiro atoms. The standard InChI is InChI=1S/C21H31N3O2S/c1-4-18-20(26)24(21(27-18)17-9-7-6-8-16(17)3)15-12-22-10-13-23(14-11-22)19(25)5-2/h6-9,18,21H,4-5,10-15H2,1-3H3/p+1/t18-,21-/m0/s1. The molecule has 2 atom stereocenters. The molecule has 2 aliphatic rings. The van der Waals surface area contributed by atoms with E-state index in [1.54, 1.807) is 11.8 Å². The molecule has 2 amide bonds. The minimum Gasteiger partial charge on any atom is -0.331 e. The Morgan fingerprint density at radius 2 is 1.93 bits per heavy atom. The monoisotopic (exact) mass is 390 g/mol. The van der Waals surface area contributed by atoms with E-state index in [0.717, 1.165) is 45.7 Å². The van der Waals surface area contributed by atoms with Crippen LogP contribution < -0.4 is 4.90 Å². The van der Waals surface area contributed by atoms with Gasteiger partial charge in [0.15, 0.2) is 0 Å². The lowest BCUT2D eigenvalue weighted by Crippen LogP contribution is -3.15. The van der Waals surface area contributed by atoms with E-state index in [-0.39, 0.29) is 22.4 Å². The molecule has 148 valence electrons. The fourth-order valence-corrected chi connectivity index (χ4v) is 5.54. The number of amides is 2. The van der Waals surface area contributed by atoms with Crippen LogP contribution in [0.5, 0.6) is 0 Å². The van der Waals surface area contributed by atoms with E-state index in [1.165, 1.54) is 16.0 Å². The number of hydrogen-bond acceptors (Lipinski definition) is 3. The Bertz CT molecular complexity index is 673. The Labute approximate surface area is 167 Å². The maximum Gasteiger partial charge on any atom is 0.237 e. The molecule has 0 saturated carbocycles. The van der Waals surface area contributed by atoms with Crippen molar-refractivity contribution in [1.29, 1.82) is 0 Å². The molecule has 1 aromatic carbocycles. The molecule has 0 aliphatic carbocycles. The molecule has 2 saturated heterocycles. The van der Waals surface area contributed by atoms with Crippen LogP contribution in [0.3, 0.4) is 0 Å². The van der Waals surface area contributed by atoms with Crippen LogP contribution in [0.4, 0.5) is 0 Å². The molecule has 0 unspecified atom stereocenters. The molecule has 6 heteroatoms. The molecular formula is C21H32N3O2S+. The van der Waals surface area contributed by atoms with E-state index in [4.69, 9.17) is 0 Å². The van der Waals surface area contributed by atoms with Gasteiger partial charge in [0.2, 0.25) is 11.8 Å². The highest BCUT2D eigenvalue weighted by Gasteiger charge is 2.40. The van der Waals surface area contributed by atoms with E-state index in [1.807, 2.05) is 11.8 Å². The predicted molar refractivity (Wildman–Crippen MR) is 110 cm³/mol. The Kier molecular flexibility index (Phi) is 6.82. The van der Waals surface area contributed by atoms with Gasteiger partial charge in [-0.05, 0) is 24.5 Å². The Morgan fingerprint density at radius 1 is 1.22 bits per heavy atom. The van der Waals surface area contributed by atoms with Gasteiger partial charge in [-0.15, -0.1) is 11.8 Å². The van der Waals surface area contributed by atoms with Gasteiger partial charge in [-0.2, -0.15) is 0 Å². The van der Waals surface area contributed by atoms with E-state index < -0.39 is 0 Å². The molecule has 3 rings (SSSR count). The highest BCUT2D eigenvalue weighted by molar-refractivity contribution is 8.01. The van der Waals surface area contributed by atoms with Crippen LogP contribution in [0.25, 0.3) is 0 Å². The molecule has 1 aromatic rings. The fraction of sp³-hybridized carbons (Fsp3) is 0.619. The van der Waals surface area contributed by atoms with Crippen LogP contribution >= 0.6 is 11.8 Å². The summed E-state index contributed by atoms with van der Waals surface area (Å²) in [6, 6.07) is 8.42. The minimum atomic E-state index is 0.0728. The number of piperazine rings is 1. The molecule has 0 bridgehead atoms. The molecular weight excluding hydrogens is 358 g/mol. The third kappa shape index (κ3) is 4.49. The molecule has 1 N–H and O–H groups in total. The van der Waals surface area contributed by atoms with Crippen molar-refractivity contribution in [1.82, 2.24) is 9.80 Å². The SMILES string of the molecule is CCC(=O)N1CC[NH+](CCN2C(=O)[C@H](CC)S[C@H]2c2ccccc2C)CC1. The van der Waals surface area contributed by atoms with Gasteiger partial charge in [-0.25, -0.2) is 0 Å². The quantitative estimate of drug-likeness (QED) is 0.800. The lowest BCUT2D eigenvalue weighted by atomic mass is 10.1. The Hall–Kier alpha value is -1.53. The van der Waals surface area contributed by atoms with Crippen molar-refractivity contribution in [2.45, 2.75) is 44.2 Å². The highest BCUT2D eigenvalue weighted by Crippen LogP contribution is 2.44. The molecule has 0 radical (unpaired) electrons. The third-order valence-electron chi connectivity index (χ3n) is 5.79. The van der Waals surface area contributed by atoms with E-state index in [0.29, 0.717) is 6.42 Å². The summed E-state index contributed by atoms with van der Waals surface area (Å²) in [5, 5.41) is 0.203. The van der Waals surface area contributed by atoms with Gasteiger partial charge in [0.1, 0.15) is 5.37 Å². The average molecular weight is 391 g/mol. The number of rotatable bonds is 6. The number of carbonyl (C=O) groups is 2. The van der Waals surface area contributed by atoms with Crippen molar-refractivity contribution in [2.75, 3.05) is 39.3 Å². The summed E-state index contributed by atoms with van der Waals surface area (Å²) in [6.07, 6.45) is 1.47. The van der Waals surface area contributed by atoms with Gasteiger partial charge in [-0.1, -0.05) is 38.1 Å². The number of benzene rings is 1. The number of nitrogens with zero attached hydrogens (tertiary/aromatic N) is 2. The zero-order valence-corrected chi connectivity index (χ0v) is 17.6. The van der Waals surface area contributed by atoms with Crippen LogP contribution in [0.1, 0.15) is 43.2 Å². The first-order chi connectivity index (χ1) is 13.0. The number of thioether (sulfide) groups is 1. The minimum absolute atomic E-state index is 0.0728.